The maximum Gasteiger partial charge on any atom is 0.217 e. The summed E-state index contributed by atoms with van der Waals surface area (Å²) in [5, 5.41) is 15.7. The predicted molar refractivity (Wildman–Crippen MR) is 123 cm³/mol. The molecule has 0 radical (unpaired) electrons. The molecule has 3 aromatic carbocycles. The molecule has 0 atom stereocenters. The van der Waals surface area contributed by atoms with Crippen LogP contribution in [0.1, 0.15) is 29.2 Å². The molecule has 0 aliphatic heterocycles. The summed E-state index contributed by atoms with van der Waals surface area (Å²) in [7, 11) is 0. The second kappa shape index (κ2) is 10.2. The van der Waals surface area contributed by atoms with Crippen LogP contribution in [0.2, 0.25) is 0 Å². The maximum atomic E-state index is 11.0. The van der Waals surface area contributed by atoms with E-state index in [1.807, 2.05) is 66.7 Å². The summed E-state index contributed by atoms with van der Waals surface area (Å²) in [5.74, 6) is 6.96. The highest BCUT2D eigenvalue weighted by atomic mass is 16.1. The van der Waals surface area contributed by atoms with E-state index in [0.717, 1.165) is 22.3 Å². The molecule has 4 aromatic rings. The smallest absolute Gasteiger partial charge is 0.217 e. The molecule has 32 heavy (non-hydrogen) atoms. The van der Waals surface area contributed by atoms with E-state index in [-0.39, 0.29) is 5.91 Å². The highest BCUT2D eigenvalue weighted by molar-refractivity contribution is 5.72. The minimum Gasteiger partial charge on any atom is -0.352 e. The van der Waals surface area contributed by atoms with Crippen LogP contribution in [0.5, 0.6) is 0 Å². The molecule has 0 saturated heterocycles. The summed E-state index contributed by atoms with van der Waals surface area (Å²) in [4.78, 5) is 12.6. The molecule has 1 N–H and O–H groups in total. The molecule has 1 aromatic heterocycles. The Bertz CT molecular complexity index is 1250. The lowest BCUT2D eigenvalue weighted by atomic mass is 10.1. The lowest BCUT2D eigenvalue weighted by Crippen LogP contribution is -2.18. The molecule has 0 unspecified atom stereocenters. The summed E-state index contributed by atoms with van der Waals surface area (Å²) in [6.07, 6.45) is 0.711. The average molecular weight is 422 g/mol. The zero-order valence-electron chi connectivity index (χ0n) is 17.8. The van der Waals surface area contributed by atoms with Crippen LogP contribution in [0.4, 0.5) is 0 Å². The molecule has 0 spiro atoms. The lowest BCUT2D eigenvalue weighted by molar-refractivity contribution is -0.119. The van der Waals surface area contributed by atoms with Crippen LogP contribution in [0, 0.1) is 11.8 Å². The largest absolute Gasteiger partial charge is 0.352 e. The van der Waals surface area contributed by atoms with E-state index in [1.165, 1.54) is 12.5 Å². The first-order valence-corrected chi connectivity index (χ1v) is 10.4. The van der Waals surface area contributed by atoms with Gasteiger partial charge in [0.1, 0.15) is 0 Å². The highest BCUT2D eigenvalue weighted by Crippen LogP contribution is 2.15. The first-order valence-electron chi connectivity index (χ1n) is 10.4. The summed E-state index contributed by atoms with van der Waals surface area (Å²) in [5.41, 5.74) is 5.10. The number of hydrogen-bond donors (Lipinski definition) is 1. The van der Waals surface area contributed by atoms with Crippen molar-refractivity contribution in [3.63, 3.8) is 0 Å². The van der Waals surface area contributed by atoms with Crippen molar-refractivity contribution in [2.45, 2.75) is 26.4 Å². The second-order valence-corrected chi connectivity index (χ2v) is 7.41. The molecule has 0 aliphatic carbocycles. The van der Waals surface area contributed by atoms with Crippen molar-refractivity contribution in [2.75, 3.05) is 0 Å². The van der Waals surface area contributed by atoms with Gasteiger partial charge >= 0.3 is 0 Å². The zero-order chi connectivity index (χ0) is 22.2. The quantitative estimate of drug-likeness (QED) is 0.483. The van der Waals surface area contributed by atoms with Crippen molar-refractivity contribution < 1.29 is 4.79 Å². The molecule has 1 amide bonds. The highest BCUT2D eigenvalue weighted by Gasteiger charge is 2.07. The number of carbonyl (C=O) groups excluding carboxylic acids is 1. The number of nitrogens with one attached hydrogen (secondary N) is 1. The maximum absolute atomic E-state index is 11.0. The number of nitrogens with zero attached hydrogens (tertiary/aromatic N) is 4. The molecule has 0 saturated carbocycles. The fourth-order valence-corrected chi connectivity index (χ4v) is 3.16. The molecule has 6 heteroatoms. The van der Waals surface area contributed by atoms with Crippen LogP contribution < -0.4 is 5.32 Å². The van der Waals surface area contributed by atoms with Gasteiger partial charge in [-0.1, -0.05) is 78.6 Å². The Kier molecular flexibility index (Phi) is 6.69. The van der Waals surface area contributed by atoms with Crippen LogP contribution in [-0.2, 0) is 24.3 Å². The SMILES string of the molecule is CC(=O)NCc1ccc(Cn2nnc(-c3cccc(C#CCc4ccccc4)c3)n2)cc1. The number of amides is 1. The van der Waals surface area contributed by atoms with Crippen molar-refractivity contribution in [1.29, 1.82) is 0 Å². The first-order chi connectivity index (χ1) is 15.7. The minimum atomic E-state index is -0.0420. The molecule has 1 heterocycles. The molecule has 0 aliphatic rings. The van der Waals surface area contributed by atoms with Gasteiger partial charge in [-0.25, -0.2) is 0 Å². The molecular weight excluding hydrogens is 398 g/mol. The molecular formula is C26H23N5O. The van der Waals surface area contributed by atoms with Crippen molar-refractivity contribution >= 4 is 5.91 Å². The Morgan fingerprint density at radius 2 is 1.72 bits per heavy atom. The third kappa shape index (κ3) is 5.89. The van der Waals surface area contributed by atoms with E-state index in [1.54, 1.807) is 4.80 Å². The number of aromatic nitrogens is 4. The Balaban J connectivity index is 1.40. The van der Waals surface area contributed by atoms with E-state index < -0.39 is 0 Å². The van der Waals surface area contributed by atoms with Crippen LogP contribution in [-0.4, -0.2) is 26.1 Å². The van der Waals surface area contributed by atoms with E-state index in [4.69, 9.17) is 0 Å². The van der Waals surface area contributed by atoms with Crippen molar-refractivity contribution in [3.05, 3.63) is 101 Å². The van der Waals surface area contributed by atoms with Gasteiger partial charge in [-0.2, -0.15) is 4.80 Å². The van der Waals surface area contributed by atoms with Gasteiger partial charge in [0.05, 0.1) is 6.54 Å². The van der Waals surface area contributed by atoms with E-state index in [2.05, 4.69) is 44.7 Å². The van der Waals surface area contributed by atoms with Crippen LogP contribution in [0.25, 0.3) is 11.4 Å². The van der Waals surface area contributed by atoms with Gasteiger partial charge in [0, 0.05) is 31.0 Å². The molecule has 0 fully saturated rings. The topological polar surface area (TPSA) is 72.7 Å². The van der Waals surface area contributed by atoms with E-state index in [9.17, 15) is 4.79 Å². The van der Waals surface area contributed by atoms with E-state index in [0.29, 0.717) is 25.3 Å². The minimum absolute atomic E-state index is 0.0420. The summed E-state index contributed by atoms with van der Waals surface area (Å²) in [6.45, 7) is 2.55. The number of hydrogen-bond acceptors (Lipinski definition) is 4. The third-order valence-corrected chi connectivity index (χ3v) is 4.83. The average Bonchev–Trinajstić information content (AvgIpc) is 3.28. The van der Waals surface area contributed by atoms with Gasteiger partial charge in [0.15, 0.2) is 0 Å². The summed E-state index contributed by atoms with van der Waals surface area (Å²) < 4.78 is 0. The fraction of sp³-hybridized carbons (Fsp3) is 0.154. The van der Waals surface area contributed by atoms with Gasteiger partial charge in [-0.05, 0) is 34.0 Å². The van der Waals surface area contributed by atoms with Crippen molar-refractivity contribution in [1.82, 2.24) is 25.5 Å². The Labute approximate surface area is 187 Å². The normalized spacial score (nSPS) is 10.3. The van der Waals surface area contributed by atoms with Crippen LogP contribution >= 0.6 is 0 Å². The first kappa shape index (κ1) is 21.0. The number of tetrazole rings is 1. The monoisotopic (exact) mass is 421 g/mol. The lowest BCUT2D eigenvalue weighted by Gasteiger charge is -2.04. The van der Waals surface area contributed by atoms with Gasteiger partial charge < -0.3 is 5.32 Å². The van der Waals surface area contributed by atoms with Crippen molar-refractivity contribution in [3.8, 4) is 23.2 Å². The predicted octanol–water partition coefficient (Wildman–Crippen LogP) is 3.62. The number of benzene rings is 3. The molecule has 4 rings (SSSR count). The standard InChI is InChI=1S/C26H23N5O/c1-20(32)27-18-23-13-15-24(16-14-23)19-31-29-26(28-30-31)25-12-6-11-22(17-25)10-5-9-21-7-3-2-4-8-21/h2-4,6-8,11-17H,9,18-19H2,1H3,(H,27,32). The second-order valence-electron chi connectivity index (χ2n) is 7.41. The molecule has 0 bridgehead atoms. The van der Waals surface area contributed by atoms with Gasteiger partial charge in [-0.3, -0.25) is 4.79 Å². The third-order valence-electron chi connectivity index (χ3n) is 4.83. The van der Waals surface area contributed by atoms with E-state index >= 15 is 0 Å². The molecule has 158 valence electrons. The Hall–Kier alpha value is -4.24. The zero-order valence-corrected chi connectivity index (χ0v) is 17.8. The summed E-state index contributed by atoms with van der Waals surface area (Å²) in [6, 6.07) is 26.0. The van der Waals surface area contributed by atoms with Crippen LogP contribution in [0.15, 0.2) is 78.9 Å². The number of carbonyl (C=O) groups is 1. The Morgan fingerprint density at radius 1 is 0.938 bits per heavy atom. The number of rotatable bonds is 6. The van der Waals surface area contributed by atoms with Gasteiger partial charge in [0.25, 0.3) is 0 Å². The summed E-state index contributed by atoms with van der Waals surface area (Å²) >= 11 is 0. The van der Waals surface area contributed by atoms with Gasteiger partial charge in [0.2, 0.25) is 11.7 Å². The fourth-order valence-electron chi connectivity index (χ4n) is 3.16. The Morgan fingerprint density at radius 3 is 2.50 bits per heavy atom. The van der Waals surface area contributed by atoms with Crippen molar-refractivity contribution in [2.24, 2.45) is 0 Å². The van der Waals surface area contributed by atoms with Crippen LogP contribution in [0.3, 0.4) is 0 Å². The van der Waals surface area contributed by atoms with Gasteiger partial charge in [-0.15, -0.1) is 10.2 Å². The molecule has 6 nitrogen and oxygen atoms in total.